The standard InChI is InChI=1S/C13H17ClN2O2/c1-18-11-6-16(7-11)8-12(13(15)17)9-2-4-10(14)5-3-9/h2-5,11-12H,6-8H2,1H3,(H2,15,17)/t12-/m0/s1. The van der Waals surface area contributed by atoms with Crippen LogP contribution < -0.4 is 5.73 Å². The molecule has 1 fully saturated rings. The summed E-state index contributed by atoms with van der Waals surface area (Å²) in [7, 11) is 1.70. The van der Waals surface area contributed by atoms with Crippen molar-refractivity contribution in [3.8, 4) is 0 Å². The smallest absolute Gasteiger partial charge is 0.226 e. The Labute approximate surface area is 112 Å². The Morgan fingerprint density at radius 2 is 2.11 bits per heavy atom. The minimum absolute atomic E-state index is 0.281. The van der Waals surface area contributed by atoms with Gasteiger partial charge in [0.25, 0.3) is 0 Å². The molecule has 1 amide bonds. The zero-order valence-electron chi connectivity index (χ0n) is 10.3. The average molecular weight is 269 g/mol. The van der Waals surface area contributed by atoms with E-state index in [1.54, 1.807) is 19.2 Å². The third-order valence-electron chi connectivity index (χ3n) is 3.31. The van der Waals surface area contributed by atoms with Crippen LogP contribution >= 0.6 is 11.6 Å². The van der Waals surface area contributed by atoms with Crippen LogP contribution in [0.15, 0.2) is 24.3 Å². The normalized spacial score (nSPS) is 18.3. The first-order chi connectivity index (χ1) is 8.60. The number of hydrogen-bond donors (Lipinski definition) is 1. The first-order valence-corrected chi connectivity index (χ1v) is 6.28. The van der Waals surface area contributed by atoms with Gasteiger partial charge in [-0.15, -0.1) is 0 Å². The van der Waals surface area contributed by atoms with E-state index in [2.05, 4.69) is 4.90 Å². The summed E-state index contributed by atoms with van der Waals surface area (Å²) in [6.07, 6.45) is 0.281. The van der Waals surface area contributed by atoms with Crippen LogP contribution in [0.5, 0.6) is 0 Å². The molecule has 1 aromatic rings. The summed E-state index contributed by atoms with van der Waals surface area (Å²) in [5.41, 5.74) is 6.38. The van der Waals surface area contributed by atoms with Gasteiger partial charge in [-0.25, -0.2) is 0 Å². The summed E-state index contributed by atoms with van der Waals surface area (Å²) in [4.78, 5) is 13.7. The average Bonchev–Trinajstić information content (AvgIpc) is 2.29. The van der Waals surface area contributed by atoms with Gasteiger partial charge in [-0.1, -0.05) is 23.7 Å². The largest absolute Gasteiger partial charge is 0.379 e. The zero-order valence-corrected chi connectivity index (χ0v) is 11.1. The highest BCUT2D eigenvalue weighted by atomic mass is 35.5. The number of carbonyl (C=O) groups is 1. The molecule has 0 aromatic heterocycles. The molecular formula is C13H17ClN2O2. The van der Waals surface area contributed by atoms with Crippen molar-refractivity contribution in [2.45, 2.75) is 12.0 Å². The van der Waals surface area contributed by atoms with Gasteiger partial charge < -0.3 is 10.5 Å². The van der Waals surface area contributed by atoms with Crippen molar-refractivity contribution in [3.05, 3.63) is 34.9 Å². The van der Waals surface area contributed by atoms with E-state index in [0.717, 1.165) is 18.7 Å². The van der Waals surface area contributed by atoms with Crippen LogP contribution in [0.2, 0.25) is 5.02 Å². The lowest BCUT2D eigenvalue weighted by atomic mass is 9.96. The monoisotopic (exact) mass is 268 g/mol. The maximum absolute atomic E-state index is 11.5. The Hall–Kier alpha value is -1.10. The van der Waals surface area contributed by atoms with Gasteiger partial charge in [0.15, 0.2) is 0 Å². The van der Waals surface area contributed by atoms with Crippen LogP contribution in [0.1, 0.15) is 11.5 Å². The van der Waals surface area contributed by atoms with Crippen LogP contribution in [-0.4, -0.2) is 43.7 Å². The predicted molar refractivity (Wildman–Crippen MR) is 70.6 cm³/mol. The number of rotatable bonds is 5. The highest BCUT2D eigenvalue weighted by Gasteiger charge is 2.30. The lowest BCUT2D eigenvalue weighted by molar-refractivity contribution is -0.121. The Morgan fingerprint density at radius 1 is 1.50 bits per heavy atom. The fourth-order valence-electron chi connectivity index (χ4n) is 2.13. The lowest BCUT2D eigenvalue weighted by Gasteiger charge is -2.39. The molecule has 1 atom stereocenters. The van der Waals surface area contributed by atoms with E-state index < -0.39 is 0 Å². The number of methoxy groups -OCH3 is 1. The molecule has 5 heteroatoms. The van der Waals surface area contributed by atoms with Crippen LogP contribution in [0.3, 0.4) is 0 Å². The molecule has 18 heavy (non-hydrogen) atoms. The molecule has 0 saturated carbocycles. The summed E-state index contributed by atoms with van der Waals surface area (Å²) in [5, 5.41) is 0.658. The predicted octanol–water partition coefficient (Wildman–Crippen LogP) is 1.24. The molecule has 1 aliphatic rings. The number of carbonyl (C=O) groups excluding carboxylic acids is 1. The molecule has 1 aromatic carbocycles. The van der Waals surface area contributed by atoms with Gasteiger partial charge in [0.05, 0.1) is 12.0 Å². The second kappa shape index (κ2) is 5.69. The first kappa shape index (κ1) is 13.3. The number of hydrogen-bond acceptors (Lipinski definition) is 3. The molecular weight excluding hydrogens is 252 g/mol. The number of primary amides is 1. The molecule has 0 bridgehead atoms. The van der Waals surface area contributed by atoms with E-state index in [1.165, 1.54) is 0 Å². The van der Waals surface area contributed by atoms with Crippen molar-refractivity contribution in [3.63, 3.8) is 0 Å². The number of nitrogens with zero attached hydrogens (tertiary/aromatic N) is 1. The topological polar surface area (TPSA) is 55.6 Å². The summed E-state index contributed by atoms with van der Waals surface area (Å²) in [6.45, 7) is 2.35. The van der Waals surface area contributed by atoms with E-state index in [0.29, 0.717) is 11.6 Å². The maximum Gasteiger partial charge on any atom is 0.226 e. The number of likely N-dealkylation sites (tertiary alicyclic amines) is 1. The molecule has 0 spiro atoms. The Balaban J connectivity index is 2.01. The molecule has 1 heterocycles. The van der Waals surface area contributed by atoms with E-state index in [9.17, 15) is 4.79 Å². The number of nitrogens with two attached hydrogens (primary N) is 1. The minimum Gasteiger partial charge on any atom is -0.379 e. The number of ether oxygens (including phenoxy) is 1. The summed E-state index contributed by atoms with van der Waals surface area (Å²) >= 11 is 5.83. The first-order valence-electron chi connectivity index (χ1n) is 5.90. The summed E-state index contributed by atoms with van der Waals surface area (Å²) in [6, 6.07) is 7.26. The van der Waals surface area contributed by atoms with E-state index in [-0.39, 0.29) is 17.9 Å². The fourth-order valence-corrected chi connectivity index (χ4v) is 2.26. The second-order valence-electron chi connectivity index (χ2n) is 4.58. The third kappa shape index (κ3) is 3.02. The number of benzene rings is 1. The van der Waals surface area contributed by atoms with Crippen molar-refractivity contribution < 1.29 is 9.53 Å². The molecule has 0 radical (unpaired) electrons. The Bertz CT molecular complexity index is 416. The van der Waals surface area contributed by atoms with Crippen molar-refractivity contribution in [1.29, 1.82) is 0 Å². The van der Waals surface area contributed by atoms with Crippen molar-refractivity contribution in [2.24, 2.45) is 5.73 Å². The molecule has 4 nitrogen and oxygen atoms in total. The van der Waals surface area contributed by atoms with Gasteiger partial charge >= 0.3 is 0 Å². The molecule has 98 valence electrons. The summed E-state index contributed by atoms with van der Waals surface area (Å²) in [5.74, 6) is -0.599. The quantitative estimate of drug-likeness (QED) is 0.874. The molecule has 1 saturated heterocycles. The van der Waals surface area contributed by atoms with Crippen molar-refractivity contribution in [2.75, 3.05) is 26.7 Å². The molecule has 0 aliphatic carbocycles. The van der Waals surface area contributed by atoms with Crippen molar-refractivity contribution >= 4 is 17.5 Å². The number of amides is 1. The zero-order chi connectivity index (χ0) is 13.1. The maximum atomic E-state index is 11.5. The minimum atomic E-state index is -0.307. The van der Waals surface area contributed by atoms with Crippen LogP contribution in [0.4, 0.5) is 0 Å². The Morgan fingerprint density at radius 3 is 2.61 bits per heavy atom. The van der Waals surface area contributed by atoms with Gasteiger partial charge in [-0.05, 0) is 17.7 Å². The van der Waals surface area contributed by atoms with Gasteiger partial charge in [-0.2, -0.15) is 0 Å². The van der Waals surface area contributed by atoms with Crippen LogP contribution in [0, 0.1) is 0 Å². The number of halogens is 1. The van der Waals surface area contributed by atoms with Crippen molar-refractivity contribution in [1.82, 2.24) is 4.90 Å². The molecule has 1 aliphatic heterocycles. The third-order valence-corrected chi connectivity index (χ3v) is 3.57. The molecule has 2 rings (SSSR count). The van der Waals surface area contributed by atoms with Gasteiger partial charge in [-0.3, -0.25) is 9.69 Å². The highest BCUT2D eigenvalue weighted by molar-refractivity contribution is 6.30. The van der Waals surface area contributed by atoms with Crippen LogP contribution in [0.25, 0.3) is 0 Å². The molecule has 2 N–H and O–H groups in total. The summed E-state index contributed by atoms with van der Waals surface area (Å²) < 4.78 is 5.20. The fraction of sp³-hybridized carbons (Fsp3) is 0.462. The van der Waals surface area contributed by atoms with Crippen LogP contribution in [-0.2, 0) is 9.53 Å². The van der Waals surface area contributed by atoms with E-state index >= 15 is 0 Å². The Kier molecular flexibility index (Phi) is 4.22. The second-order valence-corrected chi connectivity index (χ2v) is 5.02. The lowest BCUT2D eigenvalue weighted by Crippen LogP contribution is -2.53. The van der Waals surface area contributed by atoms with Gasteiger partial charge in [0.2, 0.25) is 5.91 Å². The van der Waals surface area contributed by atoms with E-state index in [4.69, 9.17) is 22.1 Å². The van der Waals surface area contributed by atoms with Gasteiger partial charge in [0.1, 0.15) is 0 Å². The van der Waals surface area contributed by atoms with Gasteiger partial charge in [0, 0.05) is 31.8 Å². The van der Waals surface area contributed by atoms with E-state index in [1.807, 2.05) is 12.1 Å². The SMILES string of the molecule is COC1CN(C[C@H](C(N)=O)c2ccc(Cl)cc2)C1. The molecule has 0 unspecified atom stereocenters. The highest BCUT2D eigenvalue weighted by Crippen LogP contribution is 2.22.